The number of benzene rings is 2. The van der Waals surface area contributed by atoms with E-state index < -0.39 is 24.5 Å². The number of carbonyl (C=O) groups excluding carboxylic acids is 2. The lowest BCUT2D eigenvalue weighted by atomic mass is 10.1. The van der Waals surface area contributed by atoms with Crippen LogP contribution in [0.15, 0.2) is 24.8 Å². The molecule has 33 heavy (non-hydrogen) atoms. The minimum absolute atomic E-state index is 0.160. The molecule has 0 aliphatic carbocycles. The van der Waals surface area contributed by atoms with E-state index in [4.69, 9.17) is 24.1 Å². The van der Waals surface area contributed by atoms with E-state index in [2.05, 4.69) is 6.58 Å². The van der Waals surface area contributed by atoms with Gasteiger partial charge in [-0.05, 0) is 114 Å². The van der Waals surface area contributed by atoms with Gasteiger partial charge in [-0.3, -0.25) is 0 Å². The Balaban J connectivity index is 2.05. The zero-order valence-corrected chi connectivity index (χ0v) is 25.6. The lowest BCUT2D eigenvalue weighted by Gasteiger charge is -2.14. The minimum Gasteiger partial charge on any atom is -0.496 e. The summed E-state index contributed by atoms with van der Waals surface area (Å²) in [6.45, 7) is 2.84. The summed E-state index contributed by atoms with van der Waals surface area (Å²) in [7, 11) is 1.45. The number of aliphatic carboxylic acids is 1. The van der Waals surface area contributed by atoms with Crippen molar-refractivity contribution >= 4 is 114 Å². The number of rotatable bonds is 10. The second-order valence-electron chi connectivity index (χ2n) is 6.10. The Bertz CT molecular complexity index is 1100. The first-order chi connectivity index (χ1) is 15.6. The van der Waals surface area contributed by atoms with E-state index in [1.54, 1.807) is 24.3 Å². The van der Waals surface area contributed by atoms with Crippen molar-refractivity contribution in [3.63, 3.8) is 0 Å². The van der Waals surface area contributed by atoms with Gasteiger partial charge >= 0.3 is 17.9 Å². The predicted octanol–water partition coefficient (Wildman–Crippen LogP) is 5.23. The number of carboxylic acids is 1. The highest BCUT2D eigenvalue weighted by atomic mass is 127. The summed E-state index contributed by atoms with van der Waals surface area (Å²) in [6, 6.07) is 5.14. The molecule has 0 saturated heterocycles. The smallest absolute Gasteiger partial charge is 0.343 e. The normalized spacial score (nSPS) is 10.3. The molecule has 12 heteroatoms. The molecule has 0 spiro atoms. The third kappa shape index (κ3) is 7.55. The van der Waals surface area contributed by atoms with Crippen LogP contribution >= 0.6 is 90.4 Å². The quantitative estimate of drug-likeness (QED) is 0.196. The highest BCUT2D eigenvalue weighted by molar-refractivity contribution is 14.1. The molecule has 0 unspecified atom stereocenters. The van der Waals surface area contributed by atoms with Crippen molar-refractivity contribution in [3.8, 4) is 11.5 Å². The van der Waals surface area contributed by atoms with Crippen LogP contribution < -0.4 is 9.47 Å². The Morgan fingerprint density at radius 2 is 1.52 bits per heavy atom. The van der Waals surface area contributed by atoms with Crippen molar-refractivity contribution in [2.45, 2.75) is 0 Å². The molecule has 0 radical (unpaired) electrons. The topological polar surface area (TPSA) is 108 Å². The van der Waals surface area contributed by atoms with E-state index in [-0.39, 0.29) is 24.3 Å². The van der Waals surface area contributed by atoms with E-state index in [1.807, 2.05) is 90.4 Å². The summed E-state index contributed by atoms with van der Waals surface area (Å²) >= 11 is 7.92. The number of carbonyl (C=O) groups is 3. The molecule has 0 saturated carbocycles. The van der Waals surface area contributed by atoms with E-state index in [0.29, 0.717) is 25.8 Å². The second-order valence-corrected chi connectivity index (χ2v) is 10.7. The summed E-state index contributed by atoms with van der Waals surface area (Å²) in [4.78, 5) is 36.0. The van der Waals surface area contributed by atoms with E-state index in [0.717, 1.165) is 5.56 Å². The van der Waals surface area contributed by atoms with Crippen LogP contribution in [-0.4, -0.2) is 49.9 Å². The van der Waals surface area contributed by atoms with Crippen LogP contribution in [-0.2, 0) is 14.3 Å². The number of hydrogen-bond donors (Lipinski definition) is 1. The highest BCUT2D eigenvalue weighted by Gasteiger charge is 2.23. The molecule has 1 N–H and O–H groups in total. The van der Waals surface area contributed by atoms with Crippen LogP contribution in [0.4, 0.5) is 0 Å². The maximum Gasteiger partial charge on any atom is 0.343 e. The fraction of sp³-hybridized carbons (Fsp3) is 0.190. The van der Waals surface area contributed by atoms with Crippen molar-refractivity contribution in [3.05, 3.63) is 55.7 Å². The number of carboxylic acid groups (broad SMARTS) is 1. The number of halogens is 4. The van der Waals surface area contributed by atoms with Crippen molar-refractivity contribution < 1.29 is 38.4 Å². The Kier molecular flexibility index (Phi) is 11.4. The maximum absolute atomic E-state index is 12.7. The highest BCUT2D eigenvalue weighted by Crippen LogP contribution is 2.34. The summed E-state index contributed by atoms with van der Waals surface area (Å²) < 4.78 is 23.5. The van der Waals surface area contributed by atoms with Gasteiger partial charge in [0.1, 0.15) is 30.3 Å². The van der Waals surface area contributed by atoms with Crippen LogP contribution in [0, 0.1) is 14.3 Å². The van der Waals surface area contributed by atoms with Crippen LogP contribution in [0.5, 0.6) is 11.5 Å². The van der Waals surface area contributed by atoms with Crippen molar-refractivity contribution in [1.82, 2.24) is 0 Å². The first kappa shape index (κ1) is 28.3. The molecule has 0 bridgehead atoms. The van der Waals surface area contributed by atoms with Gasteiger partial charge in [-0.25, -0.2) is 14.4 Å². The monoisotopic (exact) mass is 904 g/mol. The van der Waals surface area contributed by atoms with Gasteiger partial charge in [0.25, 0.3) is 0 Å². The fourth-order valence-corrected chi connectivity index (χ4v) is 7.49. The third-order valence-corrected chi connectivity index (χ3v) is 7.49. The largest absolute Gasteiger partial charge is 0.496 e. The van der Waals surface area contributed by atoms with Crippen LogP contribution in [0.1, 0.15) is 26.3 Å². The summed E-state index contributed by atoms with van der Waals surface area (Å²) in [5.41, 5.74) is 1.33. The van der Waals surface area contributed by atoms with Gasteiger partial charge in [0.2, 0.25) is 0 Å². The second kappa shape index (κ2) is 13.3. The Hall–Kier alpha value is -0.890. The van der Waals surface area contributed by atoms with Gasteiger partial charge < -0.3 is 24.1 Å². The molecular formula is C21H16I4O8. The number of esters is 2. The molecule has 0 aliphatic rings. The molecule has 0 aromatic heterocycles. The lowest BCUT2D eigenvalue weighted by Crippen LogP contribution is -2.18. The average Bonchev–Trinajstić information content (AvgIpc) is 2.75. The standard InChI is InChI=1S/C21H16I4O8/c1-3-10-6-11(22)16(14(7-10)30-2)20(28)31-4-5-32-21(29)17-12(23)8-13(24)19(18(17)25)33-9-15(26)27/h3,6-8H,1,4-5,9H2,2H3,(H,26,27). The molecule has 0 amide bonds. The molecule has 2 rings (SSSR count). The fourth-order valence-electron chi connectivity index (χ4n) is 2.52. The van der Waals surface area contributed by atoms with Crippen molar-refractivity contribution in [1.29, 1.82) is 0 Å². The Morgan fingerprint density at radius 1 is 0.939 bits per heavy atom. The summed E-state index contributed by atoms with van der Waals surface area (Å²) in [5.74, 6) is -1.72. The van der Waals surface area contributed by atoms with E-state index >= 15 is 0 Å². The minimum atomic E-state index is -1.13. The molecule has 2 aromatic carbocycles. The summed E-state index contributed by atoms with van der Waals surface area (Å²) in [6.07, 6.45) is 1.64. The molecule has 0 aliphatic heterocycles. The Morgan fingerprint density at radius 3 is 2.06 bits per heavy atom. The van der Waals surface area contributed by atoms with Crippen LogP contribution in [0.25, 0.3) is 6.08 Å². The van der Waals surface area contributed by atoms with Gasteiger partial charge in [-0.15, -0.1) is 0 Å². The summed E-state index contributed by atoms with van der Waals surface area (Å²) in [5, 5.41) is 8.86. The lowest BCUT2D eigenvalue weighted by molar-refractivity contribution is -0.139. The van der Waals surface area contributed by atoms with Gasteiger partial charge in [0.15, 0.2) is 6.61 Å². The zero-order valence-electron chi connectivity index (χ0n) is 17.0. The molecule has 176 valence electrons. The average molecular weight is 904 g/mol. The third-order valence-electron chi connectivity index (χ3n) is 3.96. The van der Waals surface area contributed by atoms with Gasteiger partial charge in [0, 0.05) is 7.14 Å². The van der Waals surface area contributed by atoms with Gasteiger partial charge in [-0.2, -0.15) is 0 Å². The van der Waals surface area contributed by atoms with Gasteiger partial charge in [-0.1, -0.05) is 12.7 Å². The molecule has 0 atom stereocenters. The number of methoxy groups -OCH3 is 1. The molecule has 8 nitrogen and oxygen atoms in total. The first-order valence-electron chi connectivity index (χ1n) is 8.97. The van der Waals surface area contributed by atoms with Crippen LogP contribution in [0.3, 0.4) is 0 Å². The number of ether oxygens (including phenoxy) is 4. The molecule has 2 aromatic rings. The van der Waals surface area contributed by atoms with E-state index in [9.17, 15) is 14.4 Å². The SMILES string of the molecule is C=Cc1cc(I)c(C(=O)OCCOC(=O)c2c(I)cc(I)c(OCC(=O)O)c2I)c(OC)c1. The molecule has 0 fully saturated rings. The Labute approximate surface area is 244 Å². The van der Waals surface area contributed by atoms with E-state index in [1.165, 1.54) is 7.11 Å². The molecule has 0 heterocycles. The zero-order chi connectivity index (χ0) is 24.7. The van der Waals surface area contributed by atoms with Crippen molar-refractivity contribution in [2.24, 2.45) is 0 Å². The van der Waals surface area contributed by atoms with Crippen LogP contribution in [0.2, 0.25) is 0 Å². The van der Waals surface area contributed by atoms with Crippen molar-refractivity contribution in [2.75, 3.05) is 26.9 Å². The predicted molar refractivity (Wildman–Crippen MR) is 154 cm³/mol. The number of hydrogen-bond acceptors (Lipinski definition) is 7. The maximum atomic E-state index is 12.7. The van der Waals surface area contributed by atoms with Gasteiger partial charge in [0.05, 0.1) is 19.8 Å². The first-order valence-corrected chi connectivity index (χ1v) is 13.3. The molecular weight excluding hydrogens is 888 g/mol.